The zero-order valence-corrected chi connectivity index (χ0v) is 15.2. The monoisotopic (exact) mass is 387 g/mol. The summed E-state index contributed by atoms with van der Waals surface area (Å²) >= 11 is 0. The molecule has 1 aliphatic rings. The van der Waals surface area contributed by atoms with Crippen LogP contribution >= 0.6 is 0 Å². The SMILES string of the molecule is CC1(C)Oc2ccc(Nc3ncc(F)c(N)n3)cc2-n2c1nn(CCO)c2=O. The highest BCUT2D eigenvalue weighted by molar-refractivity contribution is 5.64. The minimum Gasteiger partial charge on any atom is -0.478 e. The van der Waals surface area contributed by atoms with Gasteiger partial charge >= 0.3 is 5.69 Å². The van der Waals surface area contributed by atoms with E-state index in [-0.39, 0.29) is 30.6 Å². The molecule has 2 aromatic heterocycles. The van der Waals surface area contributed by atoms with Crippen LogP contribution in [-0.4, -0.2) is 36.0 Å². The average molecular weight is 387 g/mol. The highest BCUT2D eigenvalue weighted by atomic mass is 19.1. The third-order valence-electron chi connectivity index (χ3n) is 4.28. The number of nitrogens with two attached hydrogens (primary N) is 1. The summed E-state index contributed by atoms with van der Waals surface area (Å²) in [7, 11) is 0. The topological polar surface area (TPSA) is 133 Å². The first kappa shape index (κ1) is 17.9. The molecule has 0 spiro atoms. The fourth-order valence-corrected chi connectivity index (χ4v) is 3.00. The third-order valence-corrected chi connectivity index (χ3v) is 4.28. The normalized spacial score (nSPS) is 14.1. The first-order chi connectivity index (χ1) is 13.3. The van der Waals surface area contributed by atoms with Gasteiger partial charge in [-0.2, -0.15) is 10.1 Å². The predicted molar refractivity (Wildman–Crippen MR) is 98.2 cm³/mol. The lowest BCUT2D eigenvalue weighted by Gasteiger charge is -2.31. The van der Waals surface area contributed by atoms with Crippen LogP contribution in [-0.2, 0) is 12.1 Å². The number of aromatic nitrogens is 5. The molecule has 0 atom stereocenters. The van der Waals surface area contributed by atoms with Crippen LogP contribution in [0.4, 0.5) is 21.8 Å². The van der Waals surface area contributed by atoms with Gasteiger partial charge in [0.15, 0.2) is 23.1 Å². The maximum Gasteiger partial charge on any atom is 0.350 e. The van der Waals surface area contributed by atoms with Gasteiger partial charge in [-0.05, 0) is 32.0 Å². The zero-order chi connectivity index (χ0) is 20.1. The fourth-order valence-electron chi connectivity index (χ4n) is 3.00. The van der Waals surface area contributed by atoms with Crippen molar-refractivity contribution in [3.8, 4) is 11.4 Å². The number of fused-ring (bicyclic) bond motifs is 3. The van der Waals surface area contributed by atoms with Gasteiger partial charge in [0.1, 0.15) is 5.75 Å². The standard InChI is InChI=1S/C17H18FN7O3/c1-17(2)14-23-24(5-6-26)16(27)25(14)11-7-9(3-4-12(11)28-17)21-15-20-8-10(18)13(19)22-15/h3-4,7-8,26H,5-6H2,1-2H3,(H3,19,20,21,22). The summed E-state index contributed by atoms with van der Waals surface area (Å²) in [5.41, 5.74) is 5.26. The molecule has 4 N–H and O–H groups in total. The molecule has 3 aromatic rings. The summed E-state index contributed by atoms with van der Waals surface area (Å²) in [4.78, 5) is 20.5. The van der Waals surface area contributed by atoms with Crippen LogP contribution in [0.1, 0.15) is 19.7 Å². The molecule has 3 heterocycles. The highest BCUT2D eigenvalue weighted by Crippen LogP contribution is 2.38. The van der Waals surface area contributed by atoms with Gasteiger partial charge in [-0.25, -0.2) is 23.4 Å². The van der Waals surface area contributed by atoms with E-state index in [1.807, 2.05) is 0 Å². The Morgan fingerprint density at radius 3 is 2.89 bits per heavy atom. The summed E-state index contributed by atoms with van der Waals surface area (Å²) in [5.74, 6) is 0.0361. The Balaban J connectivity index is 1.79. The largest absolute Gasteiger partial charge is 0.478 e. The van der Waals surface area contributed by atoms with E-state index in [0.29, 0.717) is 22.9 Å². The van der Waals surface area contributed by atoms with E-state index in [1.165, 1.54) is 9.25 Å². The highest BCUT2D eigenvalue weighted by Gasteiger charge is 2.37. The molecule has 0 amide bonds. The molecule has 0 saturated heterocycles. The number of nitrogen functional groups attached to an aromatic ring is 1. The van der Waals surface area contributed by atoms with Crippen molar-refractivity contribution in [1.29, 1.82) is 0 Å². The lowest BCUT2D eigenvalue weighted by Crippen LogP contribution is -2.36. The summed E-state index contributed by atoms with van der Waals surface area (Å²) < 4.78 is 21.9. The Bertz CT molecular complexity index is 1120. The number of hydrogen-bond donors (Lipinski definition) is 3. The van der Waals surface area contributed by atoms with Crippen molar-refractivity contribution in [2.75, 3.05) is 17.7 Å². The van der Waals surface area contributed by atoms with Crippen LogP contribution < -0.4 is 21.5 Å². The lowest BCUT2D eigenvalue weighted by atomic mass is 10.1. The minimum absolute atomic E-state index is 0.0743. The molecule has 0 fully saturated rings. The van der Waals surface area contributed by atoms with Crippen molar-refractivity contribution in [2.45, 2.75) is 26.0 Å². The molecule has 0 unspecified atom stereocenters. The minimum atomic E-state index is -0.837. The van der Waals surface area contributed by atoms with Gasteiger partial charge in [-0.1, -0.05) is 0 Å². The van der Waals surface area contributed by atoms with Crippen LogP contribution in [0, 0.1) is 5.82 Å². The molecule has 0 radical (unpaired) electrons. The summed E-state index contributed by atoms with van der Waals surface area (Å²) in [6, 6.07) is 5.08. The summed E-state index contributed by atoms with van der Waals surface area (Å²) in [5, 5.41) is 16.4. The number of ether oxygens (including phenoxy) is 1. The van der Waals surface area contributed by atoms with E-state index in [4.69, 9.17) is 10.5 Å². The van der Waals surface area contributed by atoms with Crippen LogP contribution in [0.2, 0.25) is 0 Å². The number of aliphatic hydroxyl groups is 1. The smallest absolute Gasteiger partial charge is 0.350 e. The van der Waals surface area contributed by atoms with Gasteiger partial charge in [0.2, 0.25) is 5.95 Å². The molecule has 0 bridgehead atoms. The Morgan fingerprint density at radius 2 is 2.18 bits per heavy atom. The average Bonchev–Trinajstić information content (AvgIpc) is 2.97. The molecule has 1 aliphatic heterocycles. The van der Waals surface area contributed by atoms with Gasteiger partial charge in [-0.15, -0.1) is 0 Å². The maximum absolute atomic E-state index is 13.3. The van der Waals surface area contributed by atoms with Crippen molar-refractivity contribution in [2.24, 2.45) is 0 Å². The van der Waals surface area contributed by atoms with Gasteiger partial charge in [0.25, 0.3) is 0 Å². The Hall–Kier alpha value is -3.47. The van der Waals surface area contributed by atoms with Gasteiger partial charge < -0.3 is 20.9 Å². The summed E-state index contributed by atoms with van der Waals surface area (Å²) in [6.45, 7) is 3.47. The number of halogens is 1. The zero-order valence-electron chi connectivity index (χ0n) is 15.2. The molecular weight excluding hydrogens is 369 g/mol. The van der Waals surface area contributed by atoms with Crippen molar-refractivity contribution < 1.29 is 14.2 Å². The van der Waals surface area contributed by atoms with E-state index in [2.05, 4.69) is 20.4 Å². The number of aliphatic hydroxyl groups excluding tert-OH is 1. The first-order valence-electron chi connectivity index (χ1n) is 8.50. The second-order valence-corrected chi connectivity index (χ2v) is 6.74. The number of nitrogens with zero attached hydrogens (tertiary/aromatic N) is 5. The van der Waals surface area contributed by atoms with Crippen molar-refractivity contribution in [1.82, 2.24) is 24.3 Å². The molecule has 4 rings (SSSR count). The van der Waals surface area contributed by atoms with E-state index in [0.717, 1.165) is 6.20 Å². The number of rotatable bonds is 4. The van der Waals surface area contributed by atoms with Crippen molar-refractivity contribution in [3.05, 3.63) is 46.5 Å². The predicted octanol–water partition coefficient (Wildman–Crippen LogP) is 0.909. The molecule has 0 aliphatic carbocycles. The molecule has 146 valence electrons. The number of hydrogen-bond acceptors (Lipinski definition) is 8. The quantitative estimate of drug-likeness (QED) is 0.602. The van der Waals surface area contributed by atoms with E-state index >= 15 is 0 Å². The van der Waals surface area contributed by atoms with E-state index < -0.39 is 11.4 Å². The van der Waals surface area contributed by atoms with Crippen LogP contribution in [0.15, 0.2) is 29.2 Å². The van der Waals surface area contributed by atoms with Gasteiger partial charge in [-0.3, -0.25) is 0 Å². The van der Waals surface area contributed by atoms with Gasteiger partial charge in [0.05, 0.1) is 25.0 Å². The Kier molecular flexibility index (Phi) is 4.03. The molecular formula is C17H18FN7O3. The maximum atomic E-state index is 13.3. The van der Waals surface area contributed by atoms with Crippen LogP contribution in [0.3, 0.4) is 0 Å². The lowest BCUT2D eigenvalue weighted by molar-refractivity contribution is 0.0860. The Morgan fingerprint density at radius 1 is 1.39 bits per heavy atom. The third kappa shape index (κ3) is 2.85. The van der Waals surface area contributed by atoms with Crippen molar-refractivity contribution in [3.63, 3.8) is 0 Å². The molecule has 10 nitrogen and oxygen atoms in total. The molecule has 28 heavy (non-hydrogen) atoms. The fraction of sp³-hybridized carbons (Fsp3) is 0.294. The van der Waals surface area contributed by atoms with E-state index in [9.17, 15) is 14.3 Å². The molecule has 1 aromatic carbocycles. The number of anilines is 3. The summed E-state index contributed by atoms with van der Waals surface area (Å²) in [6.07, 6.45) is 0.968. The first-order valence-corrected chi connectivity index (χ1v) is 8.50. The molecule has 11 heteroatoms. The number of benzene rings is 1. The second kappa shape index (κ2) is 6.30. The van der Waals surface area contributed by atoms with Crippen molar-refractivity contribution >= 4 is 17.5 Å². The molecule has 0 saturated carbocycles. The van der Waals surface area contributed by atoms with Crippen LogP contribution in [0.5, 0.6) is 5.75 Å². The second-order valence-electron chi connectivity index (χ2n) is 6.74. The van der Waals surface area contributed by atoms with E-state index in [1.54, 1.807) is 32.0 Å². The van der Waals surface area contributed by atoms with Gasteiger partial charge in [0, 0.05) is 5.69 Å². The Labute approximate surface area is 158 Å². The number of nitrogens with one attached hydrogen (secondary N) is 1. The van der Waals surface area contributed by atoms with Crippen LogP contribution in [0.25, 0.3) is 5.69 Å².